The number of hydrogen-bond acceptors (Lipinski definition) is 3. The highest BCUT2D eigenvalue weighted by Crippen LogP contribution is 2.31. The van der Waals surface area contributed by atoms with E-state index >= 15 is 0 Å². The first-order valence-electron chi connectivity index (χ1n) is 5.87. The minimum atomic E-state index is -3.89. The molecule has 0 aliphatic heterocycles. The number of phenolic OH excluding ortho intramolecular Hbond substituents is 1. The van der Waals surface area contributed by atoms with Crippen molar-refractivity contribution in [1.82, 2.24) is 0 Å². The number of phenols is 1. The third kappa shape index (κ3) is 4.66. The summed E-state index contributed by atoms with van der Waals surface area (Å²) in [5.74, 6) is 0.0136. The summed E-state index contributed by atoms with van der Waals surface area (Å²) >= 11 is 0. The lowest BCUT2D eigenvalue weighted by molar-refractivity contribution is 0.446. The predicted octanol–water partition coefficient (Wildman–Crippen LogP) is 2.51. The Labute approximate surface area is 108 Å². The van der Waals surface area contributed by atoms with Crippen molar-refractivity contribution in [2.24, 2.45) is 0 Å². The normalized spacial score (nSPS) is 12.7. The Hall–Kier alpha value is -1.07. The van der Waals surface area contributed by atoms with Crippen LogP contribution in [-0.2, 0) is 22.0 Å². The summed E-state index contributed by atoms with van der Waals surface area (Å²) in [7, 11) is -3.89. The van der Waals surface area contributed by atoms with E-state index in [1.54, 1.807) is 12.1 Å². The first-order chi connectivity index (χ1) is 8.09. The zero-order valence-corrected chi connectivity index (χ0v) is 11.8. The van der Waals surface area contributed by atoms with Crippen molar-refractivity contribution in [2.75, 3.05) is 5.75 Å². The average molecular weight is 272 g/mol. The fourth-order valence-electron chi connectivity index (χ4n) is 1.80. The van der Waals surface area contributed by atoms with Crippen LogP contribution in [0, 0.1) is 0 Å². The van der Waals surface area contributed by atoms with Crippen molar-refractivity contribution < 1.29 is 18.1 Å². The first-order valence-corrected chi connectivity index (χ1v) is 7.48. The Balaban J connectivity index is 2.80. The van der Waals surface area contributed by atoms with Crippen molar-refractivity contribution in [1.29, 1.82) is 0 Å². The van der Waals surface area contributed by atoms with Crippen LogP contribution in [-0.4, -0.2) is 23.8 Å². The maximum absolute atomic E-state index is 10.6. The van der Waals surface area contributed by atoms with Gasteiger partial charge in [-0.25, -0.2) is 0 Å². The third-order valence-corrected chi connectivity index (χ3v) is 3.54. The molecular formula is C13H20O4S. The van der Waals surface area contributed by atoms with Crippen LogP contribution in [0.3, 0.4) is 0 Å². The highest BCUT2D eigenvalue weighted by atomic mass is 32.2. The molecule has 102 valence electrons. The third-order valence-electron chi connectivity index (χ3n) is 2.74. The van der Waals surface area contributed by atoms with Gasteiger partial charge in [-0.05, 0) is 35.4 Å². The summed E-state index contributed by atoms with van der Waals surface area (Å²) in [6.45, 7) is 6.01. The molecule has 1 aromatic rings. The van der Waals surface area contributed by atoms with Gasteiger partial charge >= 0.3 is 0 Å². The molecule has 0 bridgehead atoms. The van der Waals surface area contributed by atoms with E-state index in [-0.39, 0.29) is 16.9 Å². The van der Waals surface area contributed by atoms with Gasteiger partial charge in [-0.15, -0.1) is 0 Å². The van der Waals surface area contributed by atoms with Crippen LogP contribution in [0.1, 0.15) is 38.3 Å². The highest BCUT2D eigenvalue weighted by Gasteiger charge is 2.18. The zero-order chi connectivity index (χ0) is 14.0. The molecule has 0 heterocycles. The van der Waals surface area contributed by atoms with Crippen molar-refractivity contribution in [2.45, 2.75) is 39.0 Å². The van der Waals surface area contributed by atoms with Gasteiger partial charge in [0.2, 0.25) is 0 Å². The molecule has 0 radical (unpaired) electrons. The Morgan fingerprint density at radius 3 is 2.33 bits per heavy atom. The van der Waals surface area contributed by atoms with E-state index in [2.05, 4.69) is 0 Å². The molecule has 4 nitrogen and oxygen atoms in total. The zero-order valence-electron chi connectivity index (χ0n) is 11.0. The second-order valence-corrected chi connectivity index (χ2v) is 7.06. The topological polar surface area (TPSA) is 74.6 Å². The first kappa shape index (κ1) is 15.0. The monoisotopic (exact) mass is 272 g/mol. The predicted molar refractivity (Wildman–Crippen MR) is 71.5 cm³/mol. The van der Waals surface area contributed by atoms with Crippen LogP contribution in [0.4, 0.5) is 0 Å². The van der Waals surface area contributed by atoms with Crippen molar-refractivity contribution in [3.8, 4) is 5.75 Å². The number of rotatable bonds is 4. The van der Waals surface area contributed by atoms with Gasteiger partial charge < -0.3 is 5.11 Å². The molecule has 0 aliphatic rings. The molecule has 0 fully saturated rings. The number of hydrogen-bond donors (Lipinski definition) is 2. The van der Waals surface area contributed by atoms with E-state index in [9.17, 15) is 13.5 Å². The van der Waals surface area contributed by atoms with Crippen LogP contribution in [0.2, 0.25) is 0 Å². The average Bonchev–Trinajstić information content (AvgIpc) is 2.17. The SMILES string of the molecule is CC(C)(C)c1cc(CCCS(=O)(=O)O)ccc1O. The number of aromatic hydroxyl groups is 1. The molecule has 0 aliphatic carbocycles. The van der Waals surface area contributed by atoms with Gasteiger partial charge in [-0.2, -0.15) is 8.42 Å². The minimum absolute atomic E-state index is 0.164. The van der Waals surface area contributed by atoms with Gasteiger partial charge in [0.1, 0.15) is 5.75 Å². The molecule has 18 heavy (non-hydrogen) atoms. The summed E-state index contributed by atoms with van der Waals surface area (Å²) < 4.78 is 29.9. The maximum Gasteiger partial charge on any atom is 0.264 e. The van der Waals surface area contributed by atoms with E-state index in [4.69, 9.17) is 4.55 Å². The Morgan fingerprint density at radius 2 is 1.83 bits per heavy atom. The molecule has 1 aromatic carbocycles. The van der Waals surface area contributed by atoms with Crippen LogP contribution >= 0.6 is 0 Å². The summed E-state index contributed by atoms with van der Waals surface area (Å²) in [5.41, 5.74) is 1.64. The molecule has 1 rings (SSSR count). The van der Waals surface area contributed by atoms with Crippen molar-refractivity contribution in [3.63, 3.8) is 0 Å². The van der Waals surface area contributed by atoms with Crippen molar-refractivity contribution >= 4 is 10.1 Å². The van der Waals surface area contributed by atoms with E-state index in [1.165, 1.54) is 0 Å². The van der Waals surface area contributed by atoms with E-state index < -0.39 is 10.1 Å². The molecule has 0 spiro atoms. The lowest BCUT2D eigenvalue weighted by atomic mass is 9.85. The molecule has 0 atom stereocenters. The molecule has 0 amide bonds. The van der Waals surface area contributed by atoms with Crippen LogP contribution in [0.25, 0.3) is 0 Å². The fraction of sp³-hybridized carbons (Fsp3) is 0.538. The minimum Gasteiger partial charge on any atom is -0.508 e. The summed E-state index contributed by atoms with van der Waals surface area (Å²) in [6.07, 6.45) is 0.927. The molecule has 0 saturated carbocycles. The van der Waals surface area contributed by atoms with E-state index in [1.807, 2.05) is 26.8 Å². The smallest absolute Gasteiger partial charge is 0.264 e. The summed E-state index contributed by atoms with van der Waals surface area (Å²) in [6, 6.07) is 5.29. The molecule has 0 aromatic heterocycles. The van der Waals surface area contributed by atoms with Gasteiger partial charge in [0.25, 0.3) is 10.1 Å². The second kappa shape index (κ2) is 5.28. The van der Waals surface area contributed by atoms with Gasteiger partial charge in [0, 0.05) is 0 Å². The molecule has 0 saturated heterocycles. The number of aryl methyl sites for hydroxylation is 1. The lowest BCUT2D eigenvalue weighted by Gasteiger charge is -2.21. The Bertz CT molecular complexity index is 512. The van der Waals surface area contributed by atoms with E-state index in [0.29, 0.717) is 12.8 Å². The fourth-order valence-corrected chi connectivity index (χ4v) is 2.31. The highest BCUT2D eigenvalue weighted by molar-refractivity contribution is 7.85. The van der Waals surface area contributed by atoms with Crippen LogP contribution in [0.5, 0.6) is 5.75 Å². The lowest BCUT2D eigenvalue weighted by Crippen LogP contribution is -2.12. The second-order valence-electron chi connectivity index (χ2n) is 5.49. The van der Waals surface area contributed by atoms with Crippen LogP contribution < -0.4 is 0 Å². The summed E-state index contributed by atoms with van der Waals surface area (Å²) in [4.78, 5) is 0. The number of benzene rings is 1. The van der Waals surface area contributed by atoms with Gasteiger partial charge in [0.15, 0.2) is 0 Å². The molecule has 2 N–H and O–H groups in total. The van der Waals surface area contributed by atoms with Crippen molar-refractivity contribution in [3.05, 3.63) is 29.3 Å². The molecular weight excluding hydrogens is 252 g/mol. The largest absolute Gasteiger partial charge is 0.508 e. The van der Waals surface area contributed by atoms with Crippen LogP contribution in [0.15, 0.2) is 18.2 Å². The quantitative estimate of drug-likeness (QED) is 0.826. The Morgan fingerprint density at radius 1 is 1.22 bits per heavy atom. The standard InChI is InChI=1S/C13H20O4S/c1-13(2,3)11-9-10(6-7-12(11)14)5-4-8-18(15,16)17/h6-7,9,14H,4-5,8H2,1-3H3,(H,15,16,17). The van der Waals surface area contributed by atoms with Gasteiger partial charge in [-0.1, -0.05) is 32.9 Å². The molecule has 0 unspecified atom stereocenters. The Kier molecular flexibility index (Phi) is 4.40. The molecule has 5 heteroatoms. The van der Waals surface area contributed by atoms with Gasteiger partial charge in [0.05, 0.1) is 5.75 Å². The van der Waals surface area contributed by atoms with E-state index in [0.717, 1.165) is 11.1 Å². The van der Waals surface area contributed by atoms with Gasteiger partial charge in [-0.3, -0.25) is 4.55 Å². The maximum atomic E-state index is 10.6. The summed E-state index contributed by atoms with van der Waals surface area (Å²) in [5, 5.41) is 9.79.